The lowest BCUT2D eigenvalue weighted by Gasteiger charge is -2.37. The summed E-state index contributed by atoms with van der Waals surface area (Å²) in [7, 11) is 0. The lowest BCUT2D eigenvalue weighted by molar-refractivity contribution is -0.386. The fraction of sp³-hybridized carbons (Fsp3) is 0.667. The number of alkyl halides is 12. The zero-order valence-electron chi connectivity index (χ0n) is 16.9. The van der Waals surface area contributed by atoms with Gasteiger partial charge in [-0.05, 0) is 0 Å². The Morgan fingerprint density at radius 1 is 0.657 bits per heavy atom. The molecule has 5 nitrogen and oxygen atoms in total. The van der Waals surface area contributed by atoms with E-state index in [1.807, 2.05) is 0 Å². The van der Waals surface area contributed by atoms with Crippen molar-refractivity contribution in [1.82, 2.24) is 0 Å². The number of ether oxygens (including phenoxy) is 3. The minimum absolute atomic E-state index is 0.191. The maximum absolute atomic E-state index is 14.1. The molecule has 0 aliphatic carbocycles. The standard InChI is InChI=1S/C12H6F12O2.C6H10O3/c13-7(9(15,16)17,11(21,22)25)5-3-1-2-4-6(5)8(14,10(18,19)20)12(23,24)26;1(5-3-8-5)7-2-6-4-9-6/h1-4,25-26H;5-6H,1-4H2. The second kappa shape index (κ2) is 9.57. The van der Waals surface area contributed by atoms with E-state index in [9.17, 15) is 52.7 Å². The van der Waals surface area contributed by atoms with Crippen molar-refractivity contribution in [2.24, 2.45) is 0 Å². The number of aliphatic hydroxyl groups is 2. The van der Waals surface area contributed by atoms with Gasteiger partial charge < -0.3 is 24.4 Å². The van der Waals surface area contributed by atoms with E-state index >= 15 is 0 Å². The number of hydrogen-bond acceptors (Lipinski definition) is 5. The van der Waals surface area contributed by atoms with Gasteiger partial charge in [-0.1, -0.05) is 24.3 Å². The van der Waals surface area contributed by atoms with E-state index in [-0.39, 0.29) is 12.1 Å². The predicted octanol–water partition coefficient (Wildman–Crippen LogP) is 4.11. The van der Waals surface area contributed by atoms with Gasteiger partial charge in [-0.25, -0.2) is 8.78 Å². The van der Waals surface area contributed by atoms with Crippen LogP contribution < -0.4 is 0 Å². The molecule has 0 aromatic heterocycles. The Morgan fingerprint density at radius 3 is 1.14 bits per heavy atom. The van der Waals surface area contributed by atoms with Crippen molar-refractivity contribution in [3.63, 3.8) is 0 Å². The van der Waals surface area contributed by atoms with Gasteiger partial charge in [0.15, 0.2) is 0 Å². The summed E-state index contributed by atoms with van der Waals surface area (Å²) < 4.78 is 172. The third-order valence-electron chi connectivity index (χ3n) is 4.69. The molecule has 35 heavy (non-hydrogen) atoms. The largest absolute Gasteiger partial charge is 0.435 e. The van der Waals surface area contributed by atoms with Crippen LogP contribution in [0.1, 0.15) is 11.1 Å². The molecule has 4 unspecified atom stereocenters. The highest BCUT2D eigenvalue weighted by molar-refractivity contribution is 5.41. The molecule has 2 heterocycles. The second-order valence-electron chi connectivity index (χ2n) is 7.39. The van der Waals surface area contributed by atoms with Crippen molar-refractivity contribution in [3.05, 3.63) is 35.4 Å². The van der Waals surface area contributed by atoms with Crippen LogP contribution in [0.5, 0.6) is 0 Å². The van der Waals surface area contributed by atoms with Crippen LogP contribution in [0, 0.1) is 0 Å². The van der Waals surface area contributed by atoms with Crippen molar-refractivity contribution >= 4 is 0 Å². The van der Waals surface area contributed by atoms with E-state index in [0.29, 0.717) is 12.2 Å². The highest BCUT2D eigenvalue weighted by Crippen LogP contribution is 2.58. The smallest absolute Gasteiger partial charge is 0.376 e. The first-order valence-corrected chi connectivity index (χ1v) is 9.30. The normalized spacial score (nSPS) is 24.1. The summed E-state index contributed by atoms with van der Waals surface area (Å²) in [5, 5.41) is 16.5. The maximum Gasteiger partial charge on any atom is 0.435 e. The Bertz CT molecular complexity index is 756. The zero-order valence-corrected chi connectivity index (χ0v) is 16.9. The Hall–Kier alpha value is -1.82. The van der Waals surface area contributed by atoms with Crippen LogP contribution in [-0.4, -0.2) is 73.4 Å². The van der Waals surface area contributed by atoms with Crippen molar-refractivity contribution in [2.75, 3.05) is 26.4 Å². The van der Waals surface area contributed by atoms with Crippen LogP contribution in [-0.2, 0) is 25.5 Å². The molecule has 0 spiro atoms. The lowest BCUT2D eigenvalue weighted by atomic mass is 9.81. The van der Waals surface area contributed by atoms with Crippen LogP contribution in [0.15, 0.2) is 24.3 Å². The molecule has 2 fully saturated rings. The van der Waals surface area contributed by atoms with Crippen LogP contribution in [0.4, 0.5) is 52.7 Å². The summed E-state index contributed by atoms with van der Waals surface area (Å²) in [5.41, 5.74) is -18.8. The average molecular weight is 540 g/mol. The van der Waals surface area contributed by atoms with E-state index < -0.39 is 59.2 Å². The predicted molar refractivity (Wildman–Crippen MR) is 88.8 cm³/mol. The topological polar surface area (TPSA) is 74.8 Å². The highest BCUT2D eigenvalue weighted by atomic mass is 19.4. The van der Waals surface area contributed by atoms with Gasteiger partial charge in [-0.2, -0.15) is 43.9 Å². The quantitative estimate of drug-likeness (QED) is 0.384. The van der Waals surface area contributed by atoms with Crippen molar-refractivity contribution in [2.45, 2.75) is 48.1 Å². The molecule has 0 radical (unpaired) electrons. The van der Waals surface area contributed by atoms with Gasteiger partial charge in [0.25, 0.3) is 0 Å². The Morgan fingerprint density at radius 2 is 0.943 bits per heavy atom. The van der Waals surface area contributed by atoms with E-state index in [1.54, 1.807) is 0 Å². The summed E-state index contributed by atoms with van der Waals surface area (Å²) in [4.78, 5) is 0. The molecular weight excluding hydrogens is 524 g/mol. The van der Waals surface area contributed by atoms with Crippen LogP contribution >= 0.6 is 0 Å². The van der Waals surface area contributed by atoms with Crippen molar-refractivity contribution in [1.29, 1.82) is 0 Å². The minimum Gasteiger partial charge on any atom is -0.376 e. The maximum atomic E-state index is 14.1. The molecule has 0 bridgehead atoms. The molecule has 1 aromatic rings. The summed E-state index contributed by atoms with van der Waals surface area (Å²) in [5.74, 6) is 0. The van der Waals surface area contributed by atoms with Crippen LogP contribution in [0.25, 0.3) is 0 Å². The van der Waals surface area contributed by atoms with E-state index in [1.165, 1.54) is 0 Å². The van der Waals surface area contributed by atoms with Crippen LogP contribution in [0.3, 0.4) is 0 Å². The first-order chi connectivity index (χ1) is 15.7. The van der Waals surface area contributed by atoms with Gasteiger partial charge in [-0.3, -0.25) is 0 Å². The van der Waals surface area contributed by atoms with Gasteiger partial charge >= 0.3 is 35.9 Å². The van der Waals surface area contributed by atoms with E-state index in [0.717, 1.165) is 26.4 Å². The molecule has 2 aliphatic rings. The fourth-order valence-corrected chi connectivity index (χ4v) is 2.71. The van der Waals surface area contributed by atoms with Gasteiger partial charge in [0.2, 0.25) is 0 Å². The molecule has 1 aromatic carbocycles. The molecule has 0 amide bonds. The molecule has 3 rings (SSSR count). The Labute approximate surface area is 188 Å². The highest BCUT2D eigenvalue weighted by Gasteiger charge is 2.78. The first-order valence-electron chi connectivity index (χ1n) is 9.30. The molecule has 202 valence electrons. The molecule has 2 N–H and O–H groups in total. The molecule has 4 atom stereocenters. The summed E-state index contributed by atoms with van der Waals surface area (Å²) in [6, 6.07) is -0.647. The number of epoxide rings is 2. The van der Waals surface area contributed by atoms with Gasteiger partial charge in [0, 0.05) is 11.1 Å². The lowest BCUT2D eigenvalue weighted by Crippen LogP contribution is -2.57. The summed E-state index contributed by atoms with van der Waals surface area (Å²) in [6.07, 6.45) is -26.0. The van der Waals surface area contributed by atoms with Crippen LogP contribution in [0.2, 0.25) is 0 Å². The third-order valence-corrected chi connectivity index (χ3v) is 4.69. The number of halogens is 12. The first kappa shape index (κ1) is 29.4. The molecule has 2 aliphatic heterocycles. The van der Waals surface area contributed by atoms with Crippen molar-refractivity contribution < 1.29 is 77.1 Å². The SMILES string of the molecule is C(OCC1CO1)C1CO1.OC(F)(F)C(F)(c1ccccc1C(F)(C(O)(F)F)C(F)(F)F)C(F)(F)F. The van der Waals surface area contributed by atoms with Gasteiger partial charge in [0.1, 0.15) is 12.2 Å². The van der Waals surface area contributed by atoms with E-state index in [2.05, 4.69) is 0 Å². The Balaban J connectivity index is 0.000000393. The fourth-order valence-electron chi connectivity index (χ4n) is 2.71. The monoisotopic (exact) mass is 540 g/mol. The summed E-state index contributed by atoms with van der Waals surface area (Å²) >= 11 is 0. The Kier molecular flexibility index (Phi) is 8.04. The van der Waals surface area contributed by atoms with Gasteiger partial charge in [-0.15, -0.1) is 0 Å². The molecular formula is C18H16F12O5. The number of benzene rings is 1. The molecule has 17 heteroatoms. The second-order valence-corrected chi connectivity index (χ2v) is 7.39. The van der Waals surface area contributed by atoms with Crippen molar-refractivity contribution in [3.8, 4) is 0 Å². The zero-order chi connectivity index (χ0) is 27.1. The minimum atomic E-state index is -6.88. The third kappa shape index (κ3) is 6.12. The number of hydrogen-bond donors (Lipinski definition) is 2. The molecule has 0 saturated carbocycles. The van der Waals surface area contributed by atoms with Gasteiger partial charge in [0.05, 0.1) is 26.4 Å². The molecule has 2 saturated heterocycles. The number of rotatable bonds is 8. The summed E-state index contributed by atoms with van der Waals surface area (Å²) in [6.45, 7) is 3.26. The average Bonchev–Trinajstić information content (AvgIpc) is 3.59. The van der Waals surface area contributed by atoms with E-state index in [4.69, 9.17) is 24.4 Å².